The maximum absolute atomic E-state index is 13.2. The number of nitrogens with one attached hydrogen (secondary N) is 1. The van der Waals surface area contributed by atoms with Crippen LogP contribution in [0.15, 0.2) is 36.4 Å². The van der Waals surface area contributed by atoms with Gasteiger partial charge in [0.05, 0.1) is 18.0 Å². The minimum Gasteiger partial charge on any atom is -0.348 e. The predicted molar refractivity (Wildman–Crippen MR) is 123 cm³/mol. The molecule has 0 unspecified atom stereocenters. The number of hydrogen-bond acceptors (Lipinski definition) is 3. The topological polar surface area (TPSA) is 66.5 Å². The van der Waals surface area contributed by atoms with E-state index in [-0.39, 0.29) is 11.9 Å². The average Bonchev–Trinajstić information content (AvgIpc) is 3.15. The molecule has 1 amide bonds. The molecule has 0 aliphatic heterocycles. The first kappa shape index (κ1) is 22.6. The molecule has 0 aromatic heterocycles. The number of benzene rings is 2. The number of hydrogen-bond donors (Lipinski definition) is 1. The summed E-state index contributed by atoms with van der Waals surface area (Å²) >= 11 is 6.22. The normalized spacial score (nSPS) is 15.4. The van der Waals surface area contributed by atoms with Gasteiger partial charge in [0.15, 0.2) is 0 Å². The zero-order valence-corrected chi connectivity index (χ0v) is 19.5. The molecule has 2 atom stereocenters. The number of fused-ring (bicyclic) bond motifs is 1. The molecular formula is C23H29ClN2O3S. The van der Waals surface area contributed by atoms with Crippen LogP contribution in [0.4, 0.5) is 5.69 Å². The van der Waals surface area contributed by atoms with E-state index in [1.165, 1.54) is 21.9 Å². The maximum Gasteiger partial charge on any atom is 0.244 e. The van der Waals surface area contributed by atoms with Crippen molar-refractivity contribution >= 4 is 33.2 Å². The maximum atomic E-state index is 13.2. The van der Waals surface area contributed by atoms with Gasteiger partial charge in [-0.25, -0.2) is 8.42 Å². The van der Waals surface area contributed by atoms with Crippen molar-refractivity contribution in [2.75, 3.05) is 10.6 Å². The lowest BCUT2D eigenvalue weighted by Crippen LogP contribution is -2.49. The predicted octanol–water partition coefficient (Wildman–Crippen LogP) is 4.56. The quantitative estimate of drug-likeness (QED) is 0.675. The number of nitrogens with zero attached hydrogens (tertiary/aromatic N) is 1. The van der Waals surface area contributed by atoms with Crippen LogP contribution in [-0.2, 0) is 27.7 Å². The molecule has 0 heterocycles. The lowest BCUT2D eigenvalue weighted by Gasteiger charge is -2.31. The van der Waals surface area contributed by atoms with Crippen molar-refractivity contribution in [3.05, 3.63) is 63.7 Å². The van der Waals surface area contributed by atoms with Gasteiger partial charge in [-0.1, -0.05) is 42.8 Å². The average molecular weight is 449 g/mol. The van der Waals surface area contributed by atoms with Crippen molar-refractivity contribution in [1.82, 2.24) is 5.32 Å². The molecule has 0 radical (unpaired) electrons. The van der Waals surface area contributed by atoms with Crippen molar-refractivity contribution < 1.29 is 13.2 Å². The molecule has 162 valence electrons. The summed E-state index contributed by atoms with van der Waals surface area (Å²) in [6, 6.07) is 10.3. The van der Waals surface area contributed by atoms with Crippen LogP contribution in [0.1, 0.15) is 55.0 Å². The smallest absolute Gasteiger partial charge is 0.244 e. The van der Waals surface area contributed by atoms with Crippen molar-refractivity contribution in [3.63, 3.8) is 0 Å². The highest BCUT2D eigenvalue weighted by atomic mass is 35.5. The van der Waals surface area contributed by atoms with E-state index in [0.29, 0.717) is 17.1 Å². The largest absolute Gasteiger partial charge is 0.348 e. The minimum atomic E-state index is -3.70. The Morgan fingerprint density at radius 2 is 1.87 bits per heavy atom. The van der Waals surface area contributed by atoms with E-state index in [1.807, 2.05) is 19.9 Å². The van der Waals surface area contributed by atoms with Crippen LogP contribution >= 0.6 is 11.6 Å². The number of anilines is 1. The number of rotatable bonds is 7. The Balaban J connectivity index is 1.86. The fraction of sp³-hybridized carbons (Fsp3) is 0.435. The molecule has 0 bridgehead atoms. The fourth-order valence-electron chi connectivity index (χ4n) is 4.03. The van der Waals surface area contributed by atoms with Crippen LogP contribution in [0.5, 0.6) is 0 Å². The monoisotopic (exact) mass is 448 g/mol. The first-order chi connectivity index (χ1) is 14.1. The van der Waals surface area contributed by atoms with E-state index in [1.54, 1.807) is 25.1 Å². The summed E-state index contributed by atoms with van der Waals surface area (Å²) in [5.41, 5.74) is 4.98. The van der Waals surface area contributed by atoms with Gasteiger partial charge in [0.2, 0.25) is 15.9 Å². The van der Waals surface area contributed by atoms with Gasteiger partial charge in [0.25, 0.3) is 0 Å². The summed E-state index contributed by atoms with van der Waals surface area (Å²) < 4.78 is 26.4. The molecule has 1 aliphatic rings. The van der Waals surface area contributed by atoms with Crippen molar-refractivity contribution in [3.8, 4) is 0 Å². The van der Waals surface area contributed by atoms with Gasteiger partial charge in [-0.05, 0) is 73.9 Å². The van der Waals surface area contributed by atoms with Crippen LogP contribution in [0.3, 0.4) is 0 Å². The van der Waals surface area contributed by atoms with E-state index in [0.717, 1.165) is 30.2 Å². The third kappa shape index (κ3) is 4.81. The second-order valence-electron chi connectivity index (χ2n) is 8.03. The van der Waals surface area contributed by atoms with E-state index in [9.17, 15) is 13.2 Å². The number of aryl methyl sites for hydroxylation is 3. The van der Waals surface area contributed by atoms with Crippen LogP contribution < -0.4 is 9.62 Å². The fourth-order valence-corrected chi connectivity index (χ4v) is 5.41. The zero-order chi connectivity index (χ0) is 22.1. The van der Waals surface area contributed by atoms with Crippen LogP contribution in [0, 0.1) is 6.92 Å². The number of carbonyl (C=O) groups excluding carboxylic acids is 1. The van der Waals surface area contributed by atoms with E-state index in [2.05, 4.69) is 17.4 Å². The molecule has 30 heavy (non-hydrogen) atoms. The summed E-state index contributed by atoms with van der Waals surface area (Å²) in [6.07, 6.45) is 4.79. The van der Waals surface area contributed by atoms with Gasteiger partial charge >= 0.3 is 0 Å². The molecule has 2 aromatic rings. The first-order valence-electron chi connectivity index (χ1n) is 10.3. The number of halogens is 1. The molecular weight excluding hydrogens is 420 g/mol. The first-order valence-corrected chi connectivity index (χ1v) is 12.5. The van der Waals surface area contributed by atoms with E-state index < -0.39 is 16.1 Å². The van der Waals surface area contributed by atoms with E-state index in [4.69, 9.17) is 11.6 Å². The lowest BCUT2D eigenvalue weighted by atomic mass is 10.0. The summed E-state index contributed by atoms with van der Waals surface area (Å²) in [5.74, 6) is -0.326. The van der Waals surface area contributed by atoms with Gasteiger partial charge < -0.3 is 5.32 Å². The molecule has 0 saturated carbocycles. The van der Waals surface area contributed by atoms with Crippen LogP contribution in [-0.4, -0.2) is 26.6 Å². The second-order valence-corrected chi connectivity index (χ2v) is 10.3. The van der Waals surface area contributed by atoms with E-state index >= 15 is 0 Å². The molecule has 0 spiro atoms. The highest BCUT2D eigenvalue weighted by molar-refractivity contribution is 7.92. The number of carbonyl (C=O) groups is 1. The molecule has 0 fully saturated rings. The summed E-state index contributed by atoms with van der Waals surface area (Å²) in [5, 5.41) is 3.47. The third-order valence-electron chi connectivity index (χ3n) is 5.72. The number of sulfonamides is 1. The zero-order valence-electron chi connectivity index (χ0n) is 17.9. The highest BCUT2D eigenvalue weighted by Gasteiger charge is 2.32. The molecule has 1 aliphatic carbocycles. The van der Waals surface area contributed by atoms with Crippen molar-refractivity contribution in [2.24, 2.45) is 0 Å². The van der Waals surface area contributed by atoms with Crippen LogP contribution in [0.25, 0.3) is 0 Å². The van der Waals surface area contributed by atoms with Crippen molar-refractivity contribution in [1.29, 1.82) is 0 Å². The van der Waals surface area contributed by atoms with Gasteiger partial charge in [0.1, 0.15) is 6.04 Å². The summed E-state index contributed by atoms with van der Waals surface area (Å²) in [7, 11) is -3.70. The molecule has 1 N–H and O–H groups in total. The standard InChI is InChI=1S/C23H29ClN2O3S/c1-5-22(26(30(4,28)29)20-12-9-15(2)21(24)14-20)23(27)25-16(3)18-11-10-17-7-6-8-19(17)13-18/h9-14,16,22H,5-8H2,1-4H3,(H,25,27)/t16-,22-/m1/s1. The molecule has 2 aromatic carbocycles. The molecule has 5 nitrogen and oxygen atoms in total. The Bertz CT molecular complexity index is 1050. The van der Waals surface area contributed by atoms with Gasteiger partial charge in [-0.15, -0.1) is 0 Å². The SMILES string of the molecule is CC[C@H](C(=O)N[C@H](C)c1ccc2c(c1)CCC2)N(c1ccc(C)c(Cl)c1)S(C)(=O)=O. The Hall–Kier alpha value is -2.05. The highest BCUT2D eigenvalue weighted by Crippen LogP contribution is 2.29. The number of amides is 1. The van der Waals surface area contributed by atoms with Gasteiger partial charge in [-0.3, -0.25) is 9.10 Å². The Morgan fingerprint density at radius 1 is 1.17 bits per heavy atom. The van der Waals surface area contributed by atoms with Gasteiger partial charge in [-0.2, -0.15) is 0 Å². The lowest BCUT2D eigenvalue weighted by molar-refractivity contribution is -0.122. The van der Waals surface area contributed by atoms with Gasteiger partial charge in [0, 0.05) is 5.02 Å². The molecule has 0 saturated heterocycles. The summed E-state index contributed by atoms with van der Waals surface area (Å²) in [4.78, 5) is 13.2. The summed E-state index contributed by atoms with van der Waals surface area (Å²) in [6.45, 7) is 5.58. The third-order valence-corrected chi connectivity index (χ3v) is 7.31. The Labute approximate surface area is 184 Å². The Morgan fingerprint density at radius 3 is 2.50 bits per heavy atom. The van der Waals surface area contributed by atoms with Crippen LogP contribution in [0.2, 0.25) is 5.02 Å². The molecule has 3 rings (SSSR count). The minimum absolute atomic E-state index is 0.222. The van der Waals surface area contributed by atoms with Crippen molar-refractivity contribution in [2.45, 2.75) is 58.5 Å². The Kier molecular flexibility index (Phi) is 6.78. The second kappa shape index (κ2) is 8.98. The molecule has 7 heteroatoms.